The summed E-state index contributed by atoms with van der Waals surface area (Å²) in [6, 6.07) is 7.20. The summed E-state index contributed by atoms with van der Waals surface area (Å²) in [6.45, 7) is 3.92. The number of aliphatic carboxylic acids is 1. The average molecular weight is 201 g/mol. The highest BCUT2D eigenvalue weighted by Crippen LogP contribution is 2.12. The smallest absolute Gasteiger partial charge is 0.346 e. The summed E-state index contributed by atoms with van der Waals surface area (Å²) in [5, 5.41) is 17.3. The Bertz CT molecular complexity index is 467. The standard InChI is InChI=1S/C12H11NO2/c1-8-3-4-10(5-9(8)2)6-11(7-13)12(14)15/h3-6H,1-2H3,(H,14,15)/b11-6-. The van der Waals surface area contributed by atoms with Crippen molar-refractivity contribution in [1.82, 2.24) is 0 Å². The van der Waals surface area contributed by atoms with Crippen LogP contribution in [0.3, 0.4) is 0 Å². The molecular formula is C12H11NO2. The highest BCUT2D eigenvalue weighted by molar-refractivity contribution is 5.96. The first-order valence-corrected chi connectivity index (χ1v) is 4.47. The van der Waals surface area contributed by atoms with E-state index in [9.17, 15) is 4.79 Å². The number of carboxylic acids is 1. The van der Waals surface area contributed by atoms with E-state index in [4.69, 9.17) is 10.4 Å². The fourth-order valence-electron chi connectivity index (χ4n) is 1.16. The Morgan fingerprint density at radius 1 is 1.40 bits per heavy atom. The van der Waals surface area contributed by atoms with Gasteiger partial charge in [0.15, 0.2) is 0 Å². The zero-order chi connectivity index (χ0) is 11.4. The Balaban J connectivity index is 3.14. The van der Waals surface area contributed by atoms with Crippen LogP contribution in [0.15, 0.2) is 23.8 Å². The number of nitriles is 1. The Morgan fingerprint density at radius 2 is 2.07 bits per heavy atom. The predicted octanol–water partition coefficient (Wildman–Crippen LogP) is 2.30. The van der Waals surface area contributed by atoms with Crippen LogP contribution in [0.4, 0.5) is 0 Å². The number of rotatable bonds is 2. The number of carboxylic acid groups (broad SMARTS) is 1. The summed E-state index contributed by atoms with van der Waals surface area (Å²) in [5.41, 5.74) is 2.70. The van der Waals surface area contributed by atoms with Gasteiger partial charge in [0.2, 0.25) is 0 Å². The van der Waals surface area contributed by atoms with Gasteiger partial charge < -0.3 is 5.11 Å². The van der Waals surface area contributed by atoms with Crippen LogP contribution in [-0.2, 0) is 4.79 Å². The van der Waals surface area contributed by atoms with Crippen molar-refractivity contribution in [2.24, 2.45) is 0 Å². The fourth-order valence-corrected chi connectivity index (χ4v) is 1.16. The summed E-state index contributed by atoms with van der Waals surface area (Å²) in [4.78, 5) is 10.6. The van der Waals surface area contributed by atoms with E-state index in [0.717, 1.165) is 16.7 Å². The van der Waals surface area contributed by atoms with Crippen molar-refractivity contribution in [2.75, 3.05) is 0 Å². The van der Waals surface area contributed by atoms with Gasteiger partial charge in [0, 0.05) is 0 Å². The van der Waals surface area contributed by atoms with Crippen molar-refractivity contribution >= 4 is 12.0 Å². The van der Waals surface area contributed by atoms with E-state index in [-0.39, 0.29) is 5.57 Å². The van der Waals surface area contributed by atoms with Crippen molar-refractivity contribution in [2.45, 2.75) is 13.8 Å². The molecule has 0 bridgehead atoms. The van der Waals surface area contributed by atoms with Crippen LogP contribution in [0.1, 0.15) is 16.7 Å². The van der Waals surface area contributed by atoms with Crippen LogP contribution in [0.25, 0.3) is 6.08 Å². The third-order valence-corrected chi connectivity index (χ3v) is 2.19. The molecule has 3 nitrogen and oxygen atoms in total. The van der Waals surface area contributed by atoms with Crippen molar-refractivity contribution in [3.05, 3.63) is 40.5 Å². The molecule has 0 unspecified atom stereocenters. The van der Waals surface area contributed by atoms with Crippen LogP contribution >= 0.6 is 0 Å². The van der Waals surface area contributed by atoms with Crippen molar-refractivity contribution in [3.63, 3.8) is 0 Å². The lowest BCUT2D eigenvalue weighted by Gasteiger charge is -2.00. The summed E-state index contributed by atoms with van der Waals surface area (Å²) in [6.07, 6.45) is 1.37. The van der Waals surface area contributed by atoms with E-state index in [0.29, 0.717) is 0 Å². The van der Waals surface area contributed by atoms with Gasteiger partial charge >= 0.3 is 5.97 Å². The third-order valence-electron chi connectivity index (χ3n) is 2.19. The molecule has 0 atom stereocenters. The highest BCUT2D eigenvalue weighted by atomic mass is 16.4. The van der Waals surface area contributed by atoms with E-state index in [2.05, 4.69) is 0 Å². The first-order chi connectivity index (χ1) is 7.04. The molecule has 1 N–H and O–H groups in total. The maximum absolute atomic E-state index is 10.6. The molecule has 3 heteroatoms. The molecule has 76 valence electrons. The van der Waals surface area contributed by atoms with Crippen molar-refractivity contribution in [1.29, 1.82) is 5.26 Å². The van der Waals surface area contributed by atoms with Crippen LogP contribution in [0.5, 0.6) is 0 Å². The average Bonchev–Trinajstić information content (AvgIpc) is 2.19. The third kappa shape index (κ3) is 2.68. The number of benzene rings is 1. The zero-order valence-electron chi connectivity index (χ0n) is 8.61. The summed E-state index contributed by atoms with van der Waals surface area (Å²) in [5.74, 6) is -1.20. The van der Waals surface area contributed by atoms with Gasteiger partial charge in [-0.25, -0.2) is 4.79 Å². The molecule has 0 amide bonds. The molecule has 0 aliphatic carbocycles. The molecule has 0 aliphatic rings. The minimum atomic E-state index is -1.20. The van der Waals surface area contributed by atoms with E-state index in [1.165, 1.54) is 6.08 Å². The second-order valence-corrected chi connectivity index (χ2v) is 3.32. The summed E-state index contributed by atoms with van der Waals surface area (Å²) in [7, 11) is 0. The largest absolute Gasteiger partial charge is 0.477 e. The molecule has 0 radical (unpaired) electrons. The molecule has 1 rings (SSSR count). The first kappa shape index (κ1) is 11.0. The van der Waals surface area contributed by atoms with Crippen LogP contribution in [-0.4, -0.2) is 11.1 Å². The van der Waals surface area contributed by atoms with Gasteiger partial charge in [0.25, 0.3) is 0 Å². The number of hydrogen-bond acceptors (Lipinski definition) is 2. The molecule has 0 aliphatic heterocycles. The highest BCUT2D eigenvalue weighted by Gasteiger charge is 2.05. The summed E-state index contributed by atoms with van der Waals surface area (Å²) < 4.78 is 0. The van der Waals surface area contributed by atoms with Gasteiger partial charge in [0.05, 0.1) is 0 Å². The van der Waals surface area contributed by atoms with E-state index >= 15 is 0 Å². The molecule has 0 heterocycles. The number of carbonyl (C=O) groups is 1. The van der Waals surface area contributed by atoms with Gasteiger partial charge in [-0.15, -0.1) is 0 Å². The quantitative estimate of drug-likeness (QED) is 0.590. The number of hydrogen-bond donors (Lipinski definition) is 1. The Morgan fingerprint density at radius 3 is 2.53 bits per heavy atom. The minimum absolute atomic E-state index is 0.252. The molecule has 1 aromatic carbocycles. The van der Waals surface area contributed by atoms with E-state index < -0.39 is 5.97 Å². The lowest BCUT2D eigenvalue weighted by Crippen LogP contribution is -1.97. The van der Waals surface area contributed by atoms with Gasteiger partial charge in [-0.05, 0) is 36.6 Å². The van der Waals surface area contributed by atoms with E-state index in [1.807, 2.05) is 26.0 Å². The normalized spacial score (nSPS) is 10.9. The minimum Gasteiger partial charge on any atom is -0.477 e. The molecule has 0 fully saturated rings. The zero-order valence-corrected chi connectivity index (χ0v) is 8.61. The molecule has 15 heavy (non-hydrogen) atoms. The molecule has 0 saturated heterocycles. The maximum atomic E-state index is 10.6. The topological polar surface area (TPSA) is 61.1 Å². The fraction of sp³-hybridized carbons (Fsp3) is 0.167. The van der Waals surface area contributed by atoms with Crippen LogP contribution < -0.4 is 0 Å². The molecule has 0 spiro atoms. The molecule has 0 saturated carbocycles. The molecule has 1 aromatic rings. The number of aryl methyl sites for hydroxylation is 2. The van der Waals surface area contributed by atoms with Gasteiger partial charge in [-0.1, -0.05) is 18.2 Å². The van der Waals surface area contributed by atoms with Crippen molar-refractivity contribution < 1.29 is 9.90 Å². The van der Waals surface area contributed by atoms with E-state index in [1.54, 1.807) is 12.1 Å². The van der Waals surface area contributed by atoms with Crippen LogP contribution in [0, 0.1) is 25.2 Å². The Kier molecular flexibility index (Phi) is 3.25. The second-order valence-electron chi connectivity index (χ2n) is 3.32. The van der Waals surface area contributed by atoms with Crippen LogP contribution in [0.2, 0.25) is 0 Å². The Labute approximate surface area is 88.3 Å². The SMILES string of the molecule is Cc1ccc(/C=C(/C#N)C(=O)O)cc1C. The molecular weight excluding hydrogens is 190 g/mol. The maximum Gasteiger partial charge on any atom is 0.346 e. The number of nitrogens with zero attached hydrogens (tertiary/aromatic N) is 1. The lowest BCUT2D eigenvalue weighted by atomic mass is 10.0. The van der Waals surface area contributed by atoms with Gasteiger partial charge in [0.1, 0.15) is 11.6 Å². The Hall–Kier alpha value is -2.08. The second kappa shape index (κ2) is 4.43. The van der Waals surface area contributed by atoms with Crippen molar-refractivity contribution in [3.8, 4) is 6.07 Å². The monoisotopic (exact) mass is 201 g/mol. The van der Waals surface area contributed by atoms with Gasteiger partial charge in [-0.3, -0.25) is 0 Å². The van der Waals surface area contributed by atoms with Gasteiger partial charge in [-0.2, -0.15) is 5.26 Å². The molecule has 0 aromatic heterocycles. The summed E-state index contributed by atoms with van der Waals surface area (Å²) >= 11 is 0. The predicted molar refractivity (Wildman–Crippen MR) is 57.1 cm³/mol. The first-order valence-electron chi connectivity index (χ1n) is 4.47. The lowest BCUT2D eigenvalue weighted by molar-refractivity contribution is -0.132.